The molecular formula is C25H26N2O5. The first-order valence-corrected chi connectivity index (χ1v) is 11.2. The molecule has 0 aromatic heterocycles. The van der Waals surface area contributed by atoms with Gasteiger partial charge in [-0.2, -0.15) is 0 Å². The summed E-state index contributed by atoms with van der Waals surface area (Å²) >= 11 is 0. The van der Waals surface area contributed by atoms with Crippen molar-refractivity contribution in [2.75, 3.05) is 19.7 Å². The van der Waals surface area contributed by atoms with Crippen LogP contribution in [0.2, 0.25) is 0 Å². The molecule has 0 radical (unpaired) electrons. The van der Waals surface area contributed by atoms with E-state index >= 15 is 0 Å². The average molecular weight is 434 g/mol. The number of amides is 2. The van der Waals surface area contributed by atoms with Crippen molar-refractivity contribution < 1.29 is 24.2 Å². The Balaban J connectivity index is 1.12. The van der Waals surface area contributed by atoms with Crippen LogP contribution in [0.3, 0.4) is 0 Å². The fourth-order valence-electron chi connectivity index (χ4n) is 5.14. The Morgan fingerprint density at radius 2 is 1.69 bits per heavy atom. The standard InChI is InChI=1S/C25H26N2O5/c28-23(27-11-5-10-22(27)24(29)30)20-12-15(20)13-26-25(31)32-14-21-18-8-3-1-6-16(18)17-7-2-4-9-19(17)21/h1-4,6-9,15,20-22H,5,10-14H2,(H,26,31)(H,29,30)/t15-,20-,22+/m1/s1. The zero-order valence-corrected chi connectivity index (χ0v) is 17.7. The number of fused-ring (bicyclic) bond motifs is 3. The van der Waals surface area contributed by atoms with Crippen molar-refractivity contribution >= 4 is 18.0 Å². The van der Waals surface area contributed by atoms with Gasteiger partial charge >= 0.3 is 12.1 Å². The fourth-order valence-corrected chi connectivity index (χ4v) is 5.14. The van der Waals surface area contributed by atoms with Gasteiger partial charge in [-0.1, -0.05) is 48.5 Å². The fraction of sp³-hybridized carbons (Fsp3) is 0.400. The van der Waals surface area contributed by atoms with Crippen LogP contribution in [-0.2, 0) is 14.3 Å². The van der Waals surface area contributed by atoms with Gasteiger partial charge in [0.05, 0.1) is 0 Å². The van der Waals surface area contributed by atoms with Crippen molar-refractivity contribution in [3.05, 3.63) is 59.7 Å². The molecule has 5 rings (SSSR count). The van der Waals surface area contributed by atoms with E-state index in [-0.39, 0.29) is 30.3 Å². The van der Waals surface area contributed by atoms with Crippen LogP contribution in [0, 0.1) is 11.8 Å². The molecule has 2 aromatic rings. The van der Waals surface area contributed by atoms with Gasteiger partial charge in [-0.15, -0.1) is 0 Å². The van der Waals surface area contributed by atoms with E-state index in [4.69, 9.17) is 4.74 Å². The van der Waals surface area contributed by atoms with Crippen molar-refractivity contribution in [1.29, 1.82) is 0 Å². The van der Waals surface area contributed by atoms with E-state index < -0.39 is 18.1 Å². The molecule has 2 amide bonds. The summed E-state index contributed by atoms with van der Waals surface area (Å²) in [5, 5.41) is 12.1. The van der Waals surface area contributed by atoms with Crippen LogP contribution in [-0.4, -0.2) is 53.7 Å². The third-order valence-corrected chi connectivity index (χ3v) is 6.91. The molecule has 166 valence electrons. The highest BCUT2D eigenvalue weighted by molar-refractivity contribution is 5.87. The maximum absolute atomic E-state index is 12.6. The second-order valence-corrected chi connectivity index (χ2v) is 8.84. The monoisotopic (exact) mass is 434 g/mol. The van der Waals surface area contributed by atoms with E-state index in [0.717, 1.165) is 17.5 Å². The number of alkyl carbamates (subject to hydrolysis) is 1. The minimum atomic E-state index is -0.940. The van der Waals surface area contributed by atoms with E-state index in [1.54, 1.807) is 0 Å². The second-order valence-electron chi connectivity index (χ2n) is 8.84. The molecule has 0 bridgehead atoms. The molecule has 3 atom stereocenters. The SMILES string of the molecule is O=C(NC[C@H]1C[C@H]1C(=O)N1CCC[C@H]1C(=O)O)OCC1c2ccccc2-c2ccccc21. The molecule has 0 spiro atoms. The van der Waals surface area contributed by atoms with Gasteiger partial charge in [0.1, 0.15) is 12.6 Å². The van der Waals surface area contributed by atoms with E-state index in [1.807, 2.05) is 24.3 Å². The number of nitrogens with one attached hydrogen (secondary N) is 1. The number of hydrogen-bond acceptors (Lipinski definition) is 4. The number of carboxylic acids is 1. The normalized spacial score (nSPS) is 23.4. The Bertz CT molecular complexity index is 1020. The van der Waals surface area contributed by atoms with E-state index in [1.165, 1.54) is 16.0 Å². The molecule has 1 saturated heterocycles. The molecule has 32 heavy (non-hydrogen) atoms. The topological polar surface area (TPSA) is 95.9 Å². The predicted octanol–water partition coefficient (Wildman–Crippen LogP) is 3.24. The first kappa shape index (κ1) is 20.5. The van der Waals surface area contributed by atoms with E-state index in [2.05, 4.69) is 29.6 Å². The first-order chi connectivity index (χ1) is 15.5. The maximum atomic E-state index is 12.6. The van der Waals surface area contributed by atoms with Crippen LogP contribution in [0.25, 0.3) is 11.1 Å². The summed E-state index contributed by atoms with van der Waals surface area (Å²) < 4.78 is 5.54. The van der Waals surface area contributed by atoms with Gasteiger partial charge in [-0.25, -0.2) is 9.59 Å². The summed E-state index contributed by atoms with van der Waals surface area (Å²) in [6.45, 7) is 1.11. The van der Waals surface area contributed by atoms with Crippen molar-refractivity contribution in [2.24, 2.45) is 11.8 Å². The van der Waals surface area contributed by atoms with Gasteiger partial charge < -0.3 is 20.1 Å². The van der Waals surface area contributed by atoms with Crippen LogP contribution in [0.1, 0.15) is 36.3 Å². The summed E-state index contributed by atoms with van der Waals surface area (Å²) in [5.74, 6) is -1.20. The van der Waals surface area contributed by atoms with E-state index in [9.17, 15) is 19.5 Å². The van der Waals surface area contributed by atoms with Gasteiger partial charge in [0.25, 0.3) is 0 Å². The summed E-state index contributed by atoms with van der Waals surface area (Å²) in [6.07, 6.45) is 1.41. The molecule has 1 heterocycles. The molecule has 2 aliphatic carbocycles. The first-order valence-electron chi connectivity index (χ1n) is 11.2. The summed E-state index contributed by atoms with van der Waals surface area (Å²) in [4.78, 5) is 37.8. The number of hydrogen-bond donors (Lipinski definition) is 2. The number of carbonyl (C=O) groups excluding carboxylic acids is 2. The highest BCUT2D eigenvalue weighted by Crippen LogP contribution is 2.44. The van der Waals surface area contributed by atoms with Gasteiger partial charge in [0, 0.05) is 24.9 Å². The summed E-state index contributed by atoms with van der Waals surface area (Å²) in [5.41, 5.74) is 4.68. The Morgan fingerprint density at radius 3 is 2.34 bits per heavy atom. The van der Waals surface area contributed by atoms with Crippen LogP contribution >= 0.6 is 0 Å². The number of likely N-dealkylation sites (tertiary alicyclic amines) is 1. The van der Waals surface area contributed by atoms with Gasteiger partial charge in [-0.3, -0.25) is 4.79 Å². The minimum absolute atomic E-state index is 0.00604. The Hall–Kier alpha value is -3.35. The van der Waals surface area contributed by atoms with Crippen molar-refractivity contribution in [2.45, 2.75) is 31.2 Å². The van der Waals surface area contributed by atoms with E-state index in [0.29, 0.717) is 25.9 Å². The second kappa shape index (κ2) is 8.30. The lowest BCUT2D eigenvalue weighted by atomic mass is 9.98. The molecule has 1 aliphatic heterocycles. The van der Waals surface area contributed by atoms with Gasteiger partial charge in [0.2, 0.25) is 5.91 Å². The van der Waals surface area contributed by atoms with Crippen LogP contribution in [0.15, 0.2) is 48.5 Å². The maximum Gasteiger partial charge on any atom is 0.407 e. The number of aliphatic carboxylic acids is 1. The molecule has 7 heteroatoms. The smallest absolute Gasteiger partial charge is 0.407 e. The van der Waals surface area contributed by atoms with Crippen molar-refractivity contribution in [3.8, 4) is 11.1 Å². The Kier molecular flexibility index (Phi) is 5.33. The number of carbonyl (C=O) groups is 3. The molecule has 0 unspecified atom stereocenters. The third-order valence-electron chi connectivity index (χ3n) is 6.91. The summed E-state index contributed by atoms with van der Waals surface area (Å²) in [6, 6.07) is 15.6. The number of nitrogens with zero attached hydrogens (tertiary/aromatic N) is 1. The predicted molar refractivity (Wildman–Crippen MR) is 117 cm³/mol. The van der Waals surface area contributed by atoms with Crippen molar-refractivity contribution in [1.82, 2.24) is 10.2 Å². The highest BCUT2D eigenvalue weighted by Gasteiger charge is 2.48. The number of ether oxygens (including phenoxy) is 1. The third kappa shape index (κ3) is 3.72. The van der Waals surface area contributed by atoms with Gasteiger partial charge in [-0.05, 0) is 47.4 Å². The molecule has 2 N–H and O–H groups in total. The van der Waals surface area contributed by atoms with Gasteiger partial charge in [0.15, 0.2) is 0 Å². The quantitative estimate of drug-likeness (QED) is 0.728. The zero-order chi connectivity index (χ0) is 22.2. The van der Waals surface area contributed by atoms with Crippen LogP contribution < -0.4 is 5.32 Å². The van der Waals surface area contributed by atoms with Crippen LogP contribution in [0.4, 0.5) is 4.79 Å². The number of benzene rings is 2. The lowest BCUT2D eigenvalue weighted by molar-refractivity contribution is -0.148. The Labute approximate surface area is 186 Å². The zero-order valence-electron chi connectivity index (χ0n) is 17.7. The van der Waals surface area contributed by atoms with Crippen LogP contribution in [0.5, 0.6) is 0 Å². The molecule has 1 saturated carbocycles. The minimum Gasteiger partial charge on any atom is -0.480 e. The largest absolute Gasteiger partial charge is 0.480 e. The molecule has 2 aromatic carbocycles. The molecule has 3 aliphatic rings. The lowest BCUT2D eigenvalue weighted by Gasteiger charge is -2.21. The molecule has 2 fully saturated rings. The Morgan fingerprint density at radius 1 is 1.03 bits per heavy atom. The average Bonchev–Trinajstić information content (AvgIpc) is 3.27. The lowest BCUT2D eigenvalue weighted by Crippen LogP contribution is -2.41. The number of rotatable bonds is 6. The highest BCUT2D eigenvalue weighted by atomic mass is 16.5. The molecule has 7 nitrogen and oxygen atoms in total. The molecular weight excluding hydrogens is 408 g/mol. The van der Waals surface area contributed by atoms with Crippen molar-refractivity contribution in [3.63, 3.8) is 0 Å². The number of carboxylic acid groups (broad SMARTS) is 1. The summed E-state index contributed by atoms with van der Waals surface area (Å²) in [7, 11) is 0.